The molecule has 35 heavy (non-hydrogen) atoms. The molecule has 0 aliphatic carbocycles. The minimum Gasteiger partial charge on any atom is -0.496 e. The summed E-state index contributed by atoms with van der Waals surface area (Å²) in [7, 11) is 1.62. The van der Waals surface area contributed by atoms with Gasteiger partial charge in [-0.05, 0) is 55.5 Å². The molecule has 0 spiro atoms. The van der Waals surface area contributed by atoms with Crippen molar-refractivity contribution in [2.45, 2.75) is 37.4 Å². The van der Waals surface area contributed by atoms with Gasteiger partial charge in [-0.15, -0.1) is 0 Å². The van der Waals surface area contributed by atoms with Crippen molar-refractivity contribution in [2.75, 3.05) is 32.1 Å². The summed E-state index contributed by atoms with van der Waals surface area (Å²) in [5.41, 5.74) is 1.98. The van der Waals surface area contributed by atoms with Crippen LogP contribution < -0.4 is 15.4 Å². The Morgan fingerprint density at radius 2 is 1.91 bits per heavy atom. The fourth-order valence-corrected chi connectivity index (χ4v) is 5.29. The van der Waals surface area contributed by atoms with Crippen LogP contribution in [0.4, 0.5) is 5.69 Å². The summed E-state index contributed by atoms with van der Waals surface area (Å²) in [6.07, 6.45) is 4.08. The SMILES string of the molecule is COc1ccccc1CCNC(=O)c1cccc(NC(=O)C[C@H]2SC(N3CCCCC3)=NC2=O)c1. The van der Waals surface area contributed by atoms with Gasteiger partial charge in [-0.3, -0.25) is 14.4 Å². The molecule has 2 N–H and O–H groups in total. The molecule has 2 aliphatic rings. The van der Waals surface area contributed by atoms with E-state index in [1.54, 1.807) is 31.4 Å². The number of ether oxygens (including phenoxy) is 1. The molecule has 0 radical (unpaired) electrons. The first-order valence-corrected chi connectivity index (χ1v) is 12.8. The maximum absolute atomic E-state index is 12.6. The van der Waals surface area contributed by atoms with E-state index in [1.807, 2.05) is 24.3 Å². The summed E-state index contributed by atoms with van der Waals surface area (Å²) in [5.74, 6) is 0.0319. The second-order valence-corrected chi connectivity index (χ2v) is 9.71. The van der Waals surface area contributed by atoms with Crippen molar-refractivity contribution in [3.05, 3.63) is 59.7 Å². The van der Waals surface area contributed by atoms with Gasteiger partial charge < -0.3 is 20.3 Å². The fraction of sp³-hybridized carbons (Fsp3) is 0.385. The van der Waals surface area contributed by atoms with Gasteiger partial charge in [-0.1, -0.05) is 36.0 Å². The van der Waals surface area contributed by atoms with E-state index < -0.39 is 5.25 Å². The van der Waals surface area contributed by atoms with E-state index in [0.29, 0.717) is 24.2 Å². The van der Waals surface area contributed by atoms with E-state index in [9.17, 15) is 14.4 Å². The van der Waals surface area contributed by atoms with Crippen LogP contribution in [0.15, 0.2) is 53.5 Å². The first kappa shape index (κ1) is 24.8. The Hall–Kier alpha value is -3.33. The summed E-state index contributed by atoms with van der Waals surface area (Å²) in [4.78, 5) is 43.9. The van der Waals surface area contributed by atoms with Crippen molar-refractivity contribution in [3.63, 3.8) is 0 Å². The van der Waals surface area contributed by atoms with Crippen molar-refractivity contribution < 1.29 is 19.1 Å². The Morgan fingerprint density at radius 3 is 2.71 bits per heavy atom. The topological polar surface area (TPSA) is 100 Å². The smallest absolute Gasteiger partial charge is 0.262 e. The molecule has 2 aromatic rings. The second-order valence-electron chi connectivity index (χ2n) is 8.54. The number of nitrogens with zero attached hydrogens (tertiary/aromatic N) is 2. The third-order valence-electron chi connectivity index (χ3n) is 6.01. The standard InChI is InChI=1S/C26H30N4O4S/c1-34-21-11-4-3-8-18(21)12-13-27-24(32)19-9-7-10-20(16-19)28-23(31)17-22-25(33)29-26(35-22)30-14-5-2-6-15-30/h3-4,7-11,16,22H,2,5-6,12-15,17H2,1H3,(H,27,32)(H,28,31)/t22-/m1/s1. The van der Waals surface area contributed by atoms with Crippen LogP contribution in [-0.2, 0) is 16.0 Å². The number of carbonyl (C=O) groups is 3. The van der Waals surface area contributed by atoms with Gasteiger partial charge in [-0.2, -0.15) is 4.99 Å². The molecule has 2 aliphatic heterocycles. The monoisotopic (exact) mass is 494 g/mol. The maximum atomic E-state index is 12.6. The number of para-hydroxylation sites is 1. The number of aliphatic imine (C=N–C) groups is 1. The molecule has 1 atom stereocenters. The van der Waals surface area contributed by atoms with Crippen LogP contribution in [0.25, 0.3) is 0 Å². The Labute approximate surface area is 209 Å². The second kappa shape index (κ2) is 11.9. The number of benzene rings is 2. The number of amides is 3. The average Bonchev–Trinajstić information content (AvgIpc) is 3.24. The molecule has 0 unspecified atom stereocenters. The van der Waals surface area contributed by atoms with Crippen molar-refractivity contribution in [2.24, 2.45) is 4.99 Å². The molecule has 0 bridgehead atoms. The number of thioether (sulfide) groups is 1. The molecular formula is C26H30N4O4S. The summed E-state index contributed by atoms with van der Waals surface area (Å²) >= 11 is 1.37. The van der Waals surface area contributed by atoms with E-state index >= 15 is 0 Å². The molecular weight excluding hydrogens is 464 g/mol. The predicted octanol–water partition coefficient (Wildman–Crippen LogP) is 3.48. The van der Waals surface area contributed by atoms with Gasteiger partial charge in [0.25, 0.3) is 11.8 Å². The molecule has 8 nitrogen and oxygen atoms in total. The normalized spacial score (nSPS) is 17.6. The first-order valence-electron chi connectivity index (χ1n) is 11.9. The van der Waals surface area contributed by atoms with Gasteiger partial charge in [0.15, 0.2) is 5.17 Å². The van der Waals surface area contributed by atoms with Crippen LogP contribution in [0.5, 0.6) is 5.75 Å². The highest BCUT2D eigenvalue weighted by atomic mass is 32.2. The third-order valence-corrected chi connectivity index (χ3v) is 7.22. The van der Waals surface area contributed by atoms with Crippen LogP contribution in [0.3, 0.4) is 0 Å². The Kier molecular flexibility index (Phi) is 8.41. The summed E-state index contributed by atoms with van der Waals surface area (Å²) in [6.45, 7) is 2.27. The van der Waals surface area contributed by atoms with E-state index in [-0.39, 0.29) is 24.1 Å². The predicted molar refractivity (Wildman–Crippen MR) is 138 cm³/mol. The minimum absolute atomic E-state index is 0.0413. The number of methoxy groups -OCH3 is 1. The average molecular weight is 495 g/mol. The molecule has 1 saturated heterocycles. The van der Waals surface area contributed by atoms with E-state index in [4.69, 9.17) is 4.74 Å². The van der Waals surface area contributed by atoms with E-state index in [2.05, 4.69) is 20.5 Å². The van der Waals surface area contributed by atoms with E-state index in [0.717, 1.165) is 42.4 Å². The number of nitrogens with one attached hydrogen (secondary N) is 2. The van der Waals surface area contributed by atoms with Crippen LogP contribution >= 0.6 is 11.8 Å². The molecule has 2 heterocycles. The lowest BCUT2D eigenvalue weighted by Crippen LogP contribution is -2.33. The van der Waals surface area contributed by atoms with Crippen LogP contribution in [-0.4, -0.2) is 59.8 Å². The maximum Gasteiger partial charge on any atom is 0.262 e. The fourth-order valence-electron chi connectivity index (χ4n) is 4.17. The lowest BCUT2D eigenvalue weighted by Gasteiger charge is -2.27. The largest absolute Gasteiger partial charge is 0.496 e. The molecule has 4 rings (SSSR count). The minimum atomic E-state index is -0.506. The Balaban J connectivity index is 1.26. The lowest BCUT2D eigenvalue weighted by atomic mass is 10.1. The van der Waals surface area contributed by atoms with Gasteiger partial charge in [0, 0.05) is 37.3 Å². The number of hydrogen-bond acceptors (Lipinski definition) is 6. The highest BCUT2D eigenvalue weighted by Crippen LogP contribution is 2.29. The summed E-state index contributed by atoms with van der Waals surface area (Å²) in [5, 5.41) is 5.94. The van der Waals surface area contributed by atoms with Crippen LogP contribution in [0, 0.1) is 0 Å². The summed E-state index contributed by atoms with van der Waals surface area (Å²) in [6, 6.07) is 14.5. The highest BCUT2D eigenvalue weighted by molar-refractivity contribution is 8.15. The number of rotatable bonds is 8. The van der Waals surface area contributed by atoms with Gasteiger partial charge in [0.1, 0.15) is 11.0 Å². The number of carbonyl (C=O) groups excluding carboxylic acids is 3. The number of piperidine rings is 1. The first-order chi connectivity index (χ1) is 17.0. The number of hydrogen-bond donors (Lipinski definition) is 2. The Bertz CT molecular complexity index is 1110. The quantitative estimate of drug-likeness (QED) is 0.583. The van der Waals surface area contributed by atoms with E-state index in [1.165, 1.54) is 18.2 Å². The molecule has 0 aromatic heterocycles. The lowest BCUT2D eigenvalue weighted by molar-refractivity contribution is -0.121. The number of likely N-dealkylation sites (tertiary alicyclic amines) is 1. The molecule has 0 saturated carbocycles. The van der Waals surface area contributed by atoms with Crippen molar-refractivity contribution in [1.29, 1.82) is 0 Å². The van der Waals surface area contributed by atoms with Crippen LogP contribution in [0.2, 0.25) is 0 Å². The molecule has 3 amide bonds. The van der Waals surface area contributed by atoms with Crippen molar-refractivity contribution in [1.82, 2.24) is 10.2 Å². The zero-order chi connectivity index (χ0) is 24.6. The molecule has 1 fully saturated rings. The Morgan fingerprint density at radius 1 is 1.11 bits per heavy atom. The molecule has 184 valence electrons. The molecule has 9 heteroatoms. The third kappa shape index (κ3) is 6.63. The van der Waals surface area contributed by atoms with Crippen molar-refractivity contribution in [3.8, 4) is 5.75 Å². The van der Waals surface area contributed by atoms with Gasteiger partial charge >= 0.3 is 0 Å². The zero-order valence-electron chi connectivity index (χ0n) is 19.8. The number of amidine groups is 1. The summed E-state index contributed by atoms with van der Waals surface area (Å²) < 4.78 is 5.35. The zero-order valence-corrected chi connectivity index (χ0v) is 20.6. The van der Waals surface area contributed by atoms with Gasteiger partial charge in [0.2, 0.25) is 5.91 Å². The number of anilines is 1. The van der Waals surface area contributed by atoms with Gasteiger partial charge in [0.05, 0.1) is 7.11 Å². The van der Waals surface area contributed by atoms with Crippen molar-refractivity contribution >= 4 is 40.3 Å². The highest BCUT2D eigenvalue weighted by Gasteiger charge is 2.33. The van der Waals surface area contributed by atoms with Crippen LogP contribution in [0.1, 0.15) is 41.6 Å². The van der Waals surface area contributed by atoms with Gasteiger partial charge in [-0.25, -0.2) is 0 Å². The molecule has 2 aromatic carbocycles.